The largest absolute Gasteiger partial charge is 0.466 e. The van der Waals surface area contributed by atoms with Crippen LogP contribution in [-0.4, -0.2) is 29.9 Å². The predicted octanol–water partition coefficient (Wildman–Crippen LogP) is 4.07. The van der Waals surface area contributed by atoms with Crippen LogP contribution in [0.5, 0.6) is 0 Å². The molecule has 1 amide bonds. The molecule has 128 valence electrons. The molecule has 0 spiro atoms. The monoisotopic (exact) mass is 347 g/mol. The Morgan fingerprint density at radius 2 is 2.04 bits per heavy atom. The van der Waals surface area contributed by atoms with Crippen LogP contribution in [-0.2, 0) is 14.3 Å². The lowest BCUT2D eigenvalue weighted by molar-refractivity contribution is -0.137. The molecule has 1 aliphatic rings. The van der Waals surface area contributed by atoms with Gasteiger partial charge in [0.2, 0.25) is 5.91 Å². The Hall–Kier alpha value is -2.07. The van der Waals surface area contributed by atoms with Gasteiger partial charge in [-0.15, -0.1) is 6.58 Å². The molecule has 5 heteroatoms. The summed E-state index contributed by atoms with van der Waals surface area (Å²) in [6, 6.07) is 7.41. The maximum Gasteiger partial charge on any atom is 0.330 e. The molecule has 1 aromatic rings. The number of amides is 1. The van der Waals surface area contributed by atoms with E-state index in [9.17, 15) is 9.59 Å². The first kappa shape index (κ1) is 18.3. The summed E-state index contributed by atoms with van der Waals surface area (Å²) in [5.41, 5.74) is 1.05. The Bertz CT molecular complexity index is 624. The first-order valence-corrected chi connectivity index (χ1v) is 8.38. The number of carbonyl (C=O) groups is 2. The van der Waals surface area contributed by atoms with Crippen molar-refractivity contribution >= 4 is 23.5 Å². The molecular formula is C19H22ClNO3. The fourth-order valence-electron chi connectivity index (χ4n) is 3.08. The van der Waals surface area contributed by atoms with Crippen molar-refractivity contribution in [1.82, 2.24) is 4.90 Å². The van der Waals surface area contributed by atoms with E-state index in [0.717, 1.165) is 24.8 Å². The van der Waals surface area contributed by atoms with Crippen LogP contribution in [0.3, 0.4) is 0 Å². The Labute approximate surface area is 147 Å². The topological polar surface area (TPSA) is 46.6 Å². The normalized spacial score (nSPS) is 20.8. The van der Waals surface area contributed by atoms with Gasteiger partial charge in [-0.3, -0.25) is 4.79 Å². The number of piperidine rings is 1. The molecule has 0 unspecified atom stereocenters. The summed E-state index contributed by atoms with van der Waals surface area (Å²) >= 11 is 5.97. The van der Waals surface area contributed by atoms with E-state index in [2.05, 4.69) is 11.3 Å². The third-order valence-electron chi connectivity index (χ3n) is 4.19. The molecule has 1 saturated heterocycles. The van der Waals surface area contributed by atoms with Crippen molar-refractivity contribution in [1.29, 1.82) is 0 Å². The third-order valence-corrected chi connectivity index (χ3v) is 4.44. The van der Waals surface area contributed by atoms with Gasteiger partial charge in [0, 0.05) is 17.5 Å². The molecular weight excluding hydrogens is 326 g/mol. The molecule has 1 aromatic carbocycles. The summed E-state index contributed by atoms with van der Waals surface area (Å²) < 4.78 is 4.65. The molecule has 2 rings (SSSR count). The van der Waals surface area contributed by atoms with Crippen LogP contribution in [0.1, 0.15) is 37.3 Å². The van der Waals surface area contributed by atoms with Crippen LogP contribution in [0.15, 0.2) is 49.1 Å². The summed E-state index contributed by atoms with van der Waals surface area (Å²) in [5, 5.41) is 0.667. The number of methoxy groups -OCH3 is 1. The lowest BCUT2D eigenvalue weighted by Gasteiger charge is -2.41. The van der Waals surface area contributed by atoms with E-state index in [-0.39, 0.29) is 24.4 Å². The van der Waals surface area contributed by atoms with E-state index < -0.39 is 5.97 Å². The number of likely N-dealkylation sites (tertiary alicyclic amines) is 1. The zero-order chi connectivity index (χ0) is 17.5. The molecule has 0 saturated carbocycles. The van der Waals surface area contributed by atoms with E-state index in [0.29, 0.717) is 5.02 Å². The van der Waals surface area contributed by atoms with Crippen LogP contribution in [0.2, 0.25) is 5.02 Å². The molecule has 0 bridgehead atoms. The number of ether oxygens (including phenoxy) is 1. The number of nitrogens with zero attached hydrogens (tertiary/aromatic N) is 1. The fourth-order valence-corrected chi connectivity index (χ4v) is 3.20. The molecule has 0 aromatic heterocycles. The van der Waals surface area contributed by atoms with Gasteiger partial charge in [-0.05, 0) is 37.0 Å². The Morgan fingerprint density at radius 3 is 2.67 bits per heavy atom. The summed E-state index contributed by atoms with van der Waals surface area (Å²) in [4.78, 5) is 25.9. The fraction of sp³-hybridized carbons (Fsp3) is 0.368. The zero-order valence-corrected chi connectivity index (χ0v) is 14.5. The second-order valence-electron chi connectivity index (χ2n) is 5.74. The van der Waals surface area contributed by atoms with Gasteiger partial charge in [-0.2, -0.15) is 0 Å². The minimum atomic E-state index is -0.417. The van der Waals surface area contributed by atoms with Crippen molar-refractivity contribution in [3.05, 3.63) is 59.7 Å². The van der Waals surface area contributed by atoms with Gasteiger partial charge in [0.25, 0.3) is 0 Å². The molecule has 1 fully saturated rings. The maximum absolute atomic E-state index is 12.7. The highest BCUT2D eigenvalue weighted by Crippen LogP contribution is 2.36. The molecule has 0 N–H and O–H groups in total. The van der Waals surface area contributed by atoms with Gasteiger partial charge >= 0.3 is 5.97 Å². The average molecular weight is 348 g/mol. The first-order chi connectivity index (χ1) is 11.6. The number of halogens is 1. The minimum Gasteiger partial charge on any atom is -0.466 e. The van der Waals surface area contributed by atoms with E-state index in [1.165, 1.54) is 13.2 Å². The van der Waals surface area contributed by atoms with Crippen LogP contribution < -0.4 is 0 Å². The number of carbonyl (C=O) groups excluding carboxylic acids is 2. The van der Waals surface area contributed by atoms with Crippen molar-refractivity contribution < 1.29 is 14.3 Å². The minimum absolute atomic E-state index is 0.00386. The van der Waals surface area contributed by atoms with E-state index in [4.69, 9.17) is 11.6 Å². The summed E-state index contributed by atoms with van der Waals surface area (Å²) in [5.74, 6) is -0.413. The second kappa shape index (κ2) is 8.69. The van der Waals surface area contributed by atoms with Crippen LogP contribution in [0, 0.1) is 0 Å². The Kier molecular flexibility index (Phi) is 6.62. The van der Waals surface area contributed by atoms with Gasteiger partial charge in [0.15, 0.2) is 0 Å². The molecule has 1 aliphatic heterocycles. The first-order valence-electron chi connectivity index (χ1n) is 8.00. The van der Waals surface area contributed by atoms with Gasteiger partial charge < -0.3 is 9.64 Å². The van der Waals surface area contributed by atoms with E-state index in [1.54, 1.807) is 12.2 Å². The maximum atomic E-state index is 12.7. The summed E-state index contributed by atoms with van der Waals surface area (Å²) in [6.45, 7) is 3.66. The van der Waals surface area contributed by atoms with Crippen LogP contribution in [0.4, 0.5) is 0 Å². The summed E-state index contributed by atoms with van der Waals surface area (Å²) in [6.07, 6.45) is 7.70. The van der Waals surface area contributed by atoms with Crippen LogP contribution >= 0.6 is 11.6 Å². The number of esters is 1. The van der Waals surface area contributed by atoms with Gasteiger partial charge in [-0.25, -0.2) is 4.79 Å². The van der Waals surface area contributed by atoms with E-state index in [1.807, 2.05) is 29.2 Å². The van der Waals surface area contributed by atoms with Crippen molar-refractivity contribution in [2.24, 2.45) is 0 Å². The number of hydrogen-bond donors (Lipinski definition) is 0. The highest BCUT2D eigenvalue weighted by atomic mass is 35.5. The van der Waals surface area contributed by atoms with Gasteiger partial charge in [-0.1, -0.05) is 35.9 Å². The summed E-state index contributed by atoms with van der Waals surface area (Å²) in [7, 11) is 1.34. The zero-order valence-electron chi connectivity index (χ0n) is 13.8. The smallest absolute Gasteiger partial charge is 0.330 e. The highest BCUT2D eigenvalue weighted by Gasteiger charge is 2.33. The third kappa shape index (κ3) is 4.48. The standard InChI is InChI=1S/C19H22ClNO3/c1-3-5-18(22)21-16(12-13-19(23)24-2)6-4-7-17(21)14-8-10-15(20)11-9-14/h3,8-13,16-17H,1,4-7H2,2H3/t16-,17+/m1/s1. The van der Waals surface area contributed by atoms with Crippen LogP contribution in [0.25, 0.3) is 0 Å². The number of benzene rings is 1. The Balaban J connectivity index is 2.31. The van der Waals surface area contributed by atoms with Crippen molar-refractivity contribution in [2.45, 2.75) is 37.8 Å². The quantitative estimate of drug-likeness (QED) is 0.458. The Morgan fingerprint density at radius 1 is 1.33 bits per heavy atom. The lowest BCUT2D eigenvalue weighted by Crippen LogP contribution is -2.44. The van der Waals surface area contributed by atoms with Crippen molar-refractivity contribution in [3.8, 4) is 0 Å². The van der Waals surface area contributed by atoms with E-state index >= 15 is 0 Å². The average Bonchev–Trinajstić information content (AvgIpc) is 2.60. The van der Waals surface area contributed by atoms with Gasteiger partial charge in [0.05, 0.1) is 19.2 Å². The number of hydrogen-bond acceptors (Lipinski definition) is 3. The van der Waals surface area contributed by atoms with Crippen molar-refractivity contribution in [3.63, 3.8) is 0 Å². The predicted molar refractivity (Wildman–Crippen MR) is 94.6 cm³/mol. The second-order valence-corrected chi connectivity index (χ2v) is 6.18. The molecule has 24 heavy (non-hydrogen) atoms. The lowest BCUT2D eigenvalue weighted by atomic mass is 9.90. The number of rotatable bonds is 5. The van der Waals surface area contributed by atoms with Gasteiger partial charge in [0.1, 0.15) is 0 Å². The molecule has 1 heterocycles. The molecule has 2 atom stereocenters. The highest BCUT2D eigenvalue weighted by molar-refractivity contribution is 6.30. The molecule has 4 nitrogen and oxygen atoms in total. The molecule has 0 aliphatic carbocycles. The van der Waals surface area contributed by atoms with Crippen molar-refractivity contribution in [2.75, 3.05) is 7.11 Å². The molecule has 0 radical (unpaired) electrons. The SMILES string of the molecule is C=CCC(=O)N1[C@@H](C=CC(=O)OC)CCC[C@H]1c1ccc(Cl)cc1.